The Bertz CT molecular complexity index is 344. The molecular formula is C18H30O. The van der Waals surface area contributed by atoms with E-state index >= 15 is 0 Å². The lowest BCUT2D eigenvalue weighted by molar-refractivity contribution is 0.465. The highest BCUT2D eigenvalue weighted by atomic mass is 16.3. The van der Waals surface area contributed by atoms with E-state index in [1.165, 1.54) is 57.8 Å². The monoisotopic (exact) mass is 262 g/mol. The molecule has 0 saturated heterocycles. The molecule has 0 radical (unpaired) electrons. The van der Waals surface area contributed by atoms with Gasteiger partial charge in [0.15, 0.2) is 0 Å². The minimum absolute atomic E-state index is 0.472. The Labute approximate surface area is 119 Å². The highest BCUT2D eigenvalue weighted by Gasteiger charge is 2.00. The van der Waals surface area contributed by atoms with Gasteiger partial charge in [-0.25, -0.2) is 0 Å². The van der Waals surface area contributed by atoms with E-state index in [-0.39, 0.29) is 0 Å². The molecule has 1 aromatic carbocycles. The Balaban J connectivity index is 2.01. The normalized spacial score (nSPS) is 10.8. The van der Waals surface area contributed by atoms with Crippen LogP contribution in [0.15, 0.2) is 18.2 Å². The third kappa shape index (κ3) is 7.25. The van der Waals surface area contributed by atoms with Gasteiger partial charge in [0.05, 0.1) is 0 Å². The largest absolute Gasteiger partial charge is 0.508 e. The second-order valence-electron chi connectivity index (χ2n) is 5.71. The van der Waals surface area contributed by atoms with E-state index in [0.717, 1.165) is 17.5 Å². The molecule has 0 aliphatic rings. The predicted molar refractivity (Wildman–Crippen MR) is 83.8 cm³/mol. The molecule has 0 heterocycles. The third-order valence-electron chi connectivity index (χ3n) is 3.79. The molecule has 0 saturated carbocycles. The van der Waals surface area contributed by atoms with Crippen LogP contribution in [0.2, 0.25) is 0 Å². The molecular weight excluding hydrogens is 232 g/mol. The summed E-state index contributed by atoms with van der Waals surface area (Å²) in [6.07, 6.45) is 13.2. The van der Waals surface area contributed by atoms with Crippen molar-refractivity contribution in [3.8, 4) is 5.75 Å². The molecule has 1 N–H and O–H groups in total. The summed E-state index contributed by atoms with van der Waals surface area (Å²) < 4.78 is 0. The lowest BCUT2D eigenvalue weighted by atomic mass is 10.0. The van der Waals surface area contributed by atoms with Crippen LogP contribution in [-0.4, -0.2) is 5.11 Å². The quantitative estimate of drug-likeness (QED) is 0.530. The maximum atomic E-state index is 9.81. The van der Waals surface area contributed by atoms with Crippen molar-refractivity contribution in [2.24, 2.45) is 0 Å². The Morgan fingerprint density at radius 2 is 1.42 bits per heavy atom. The van der Waals surface area contributed by atoms with Crippen molar-refractivity contribution in [3.05, 3.63) is 29.3 Å². The minimum atomic E-state index is 0.472. The van der Waals surface area contributed by atoms with Gasteiger partial charge in [-0.05, 0) is 37.0 Å². The highest BCUT2D eigenvalue weighted by molar-refractivity contribution is 5.35. The average Bonchev–Trinajstić information content (AvgIpc) is 2.39. The minimum Gasteiger partial charge on any atom is -0.508 e. The summed E-state index contributed by atoms with van der Waals surface area (Å²) in [4.78, 5) is 0. The standard InChI is InChI=1S/C18H30O/c1-3-4-5-6-7-8-9-10-11-12-17-14-13-16(2)15-18(17)19/h13-15,19H,3-12H2,1-2H3. The predicted octanol–water partition coefficient (Wildman–Crippen LogP) is 5.77. The lowest BCUT2D eigenvalue weighted by Gasteiger charge is -2.05. The van der Waals surface area contributed by atoms with Gasteiger partial charge in [-0.15, -0.1) is 0 Å². The van der Waals surface area contributed by atoms with Crippen molar-refractivity contribution < 1.29 is 5.11 Å². The number of benzene rings is 1. The molecule has 1 rings (SSSR count). The van der Waals surface area contributed by atoms with Crippen molar-refractivity contribution in [3.63, 3.8) is 0 Å². The van der Waals surface area contributed by atoms with Crippen molar-refractivity contribution in [1.82, 2.24) is 0 Å². The zero-order valence-corrected chi connectivity index (χ0v) is 12.8. The third-order valence-corrected chi connectivity index (χ3v) is 3.79. The fourth-order valence-electron chi connectivity index (χ4n) is 2.51. The zero-order valence-electron chi connectivity index (χ0n) is 12.8. The maximum Gasteiger partial charge on any atom is 0.119 e. The van der Waals surface area contributed by atoms with Crippen LogP contribution in [0.1, 0.15) is 75.8 Å². The summed E-state index contributed by atoms with van der Waals surface area (Å²) in [5.74, 6) is 0.472. The fraction of sp³-hybridized carbons (Fsp3) is 0.667. The molecule has 0 aliphatic heterocycles. The number of hydrogen-bond acceptors (Lipinski definition) is 1. The topological polar surface area (TPSA) is 20.2 Å². The van der Waals surface area contributed by atoms with E-state index in [9.17, 15) is 5.11 Å². The number of rotatable bonds is 10. The summed E-state index contributed by atoms with van der Waals surface area (Å²) in [7, 11) is 0. The van der Waals surface area contributed by atoms with E-state index in [1.807, 2.05) is 13.0 Å². The van der Waals surface area contributed by atoms with E-state index < -0.39 is 0 Å². The molecule has 19 heavy (non-hydrogen) atoms. The van der Waals surface area contributed by atoms with E-state index in [2.05, 4.69) is 19.1 Å². The summed E-state index contributed by atoms with van der Waals surface area (Å²) in [5, 5.41) is 9.81. The van der Waals surface area contributed by atoms with Crippen molar-refractivity contribution >= 4 is 0 Å². The molecule has 0 aromatic heterocycles. The van der Waals surface area contributed by atoms with E-state index in [4.69, 9.17) is 0 Å². The first kappa shape index (κ1) is 16.1. The van der Waals surface area contributed by atoms with Gasteiger partial charge in [0.2, 0.25) is 0 Å². The fourth-order valence-corrected chi connectivity index (χ4v) is 2.51. The smallest absolute Gasteiger partial charge is 0.119 e. The van der Waals surface area contributed by atoms with E-state index in [1.54, 1.807) is 0 Å². The Hall–Kier alpha value is -0.980. The number of phenolic OH excluding ortho intramolecular Hbond substituents is 1. The highest BCUT2D eigenvalue weighted by Crippen LogP contribution is 2.21. The second-order valence-corrected chi connectivity index (χ2v) is 5.71. The second kappa shape index (κ2) is 9.89. The van der Waals surface area contributed by atoms with Crippen LogP contribution in [0.25, 0.3) is 0 Å². The van der Waals surface area contributed by atoms with Crippen LogP contribution in [-0.2, 0) is 6.42 Å². The zero-order chi connectivity index (χ0) is 13.9. The maximum absolute atomic E-state index is 9.81. The Morgan fingerprint density at radius 1 is 0.842 bits per heavy atom. The molecule has 0 bridgehead atoms. The lowest BCUT2D eigenvalue weighted by Crippen LogP contribution is -1.88. The van der Waals surface area contributed by atoms with Crippen LogP contribution in [0, 0.1) is 6.92 Å². The average molecular weight is 262 g/mol. The van der Waals surface area contributed by atoms with Crippen molar-refractivity contribution in [2.75, 3.05) is 0 Å². The number of aryl methyl sites for hydroxylation is 2. The van der Waals surface area contributed by atoms with Crippen LogP contribution in [0.4, 0.5) is 0 Å². The number of aromatic hydroxyl groups is 1. The van der Waals surface area contributed by atoms with Gasteiger partial charge in [-0.1, -0.05) is 70.4 Å². The first-order valence-corrected chi connectivity index (χ1v) is 8.02. The van der Waals surface area contributed by atoms with Gasteiger partial charge in [0.25, 0.3) is 0 Å². The molecule has 0 unspecified atom stereocenters. The first-order valence-electron chi connectivity index (χ1n) is 8.02. The molecule has 0 amide bonds. The van der Waals surface area contributed by atoms with Gasteiger partial charge in [0.1, 0.15) is 5.75 Å². The number of phenols is 1. The van der Waals surface area contributed by atoms with Crippen molar-refractivity contribution in [2.45, 2.75) is 78.1 Å². The molecule has 108 valence electrons. The number of unbranched alkanes of at least 4 members (excludes halogenated alkanes) is 8. The first-order chi connectivity index (χ1) is 9.24. The van der Waals surface area contributed by atoms with Crippen LogP contribution in [0.5, 0.6) is 5.75 Å². The van der Waals surface area contributed by atoms with Gasteiger partial charge in [-0.2, -0.15) is 0 Å². The van der Waals surface area contributed by atoms with E-state index in [0.29, 0.717) is 5.75 Å². The summed E-state index contributed by atoms with van der Waals surface area (Å²) in [5.41, 5.74) is 2.24. The molecule has 0 spiro atoms. The molecule has 0 aliphatic carbocycles. The van der Waals surface area contributed by atoms with Gasteiger partial charge in [0, 0.05) is 0 Å². The van der Waals surface area contributed by atoms with Crippen molar-refractivity contribution in [1.29, 1.82) is 0 Å². The Kier molecular flexibility index (Phi) is 8.36. The molecule has 0 atom stereocenters. The summed E-state index contributed by atoms with van der Waals surface area (Å²) in [6, 6.07) is 6.02. The molecule has 0 fully saturated rings. The molecule has 1 aromatic rings. The Morgan fingerprint density at radius 3 is 2.00 bits per heavy atom. The summed E-state index contributed by atoms with van der Waals surface area (Å²) in [6.45, 7) is 4.28. The van der Waals surface area contributed by atoms with Crippen LogP contribution < -0.4 is 0 Å². The van der Waals surface area contributed by atoms with Gasteiger partial charge >= 0.3 is 0 Å². The van der Waals surface area contributed by atoms with Gasteiger partial charge in [-0.3, -0.25) is 0 Å². The van der Waals surface area contributed by atoms with Crippen LogP contribution in [0.3, 0.4) is 0 Å². The van der Waals surface area contributed by atoms with Gasteiger partial charge < -0.3 is 5.11 Å². The summed E-state index contributed by atoms with van der Waals surface area (Å²) >= 11 is 0. The molecule has 1 nitrogen and oxygen atoms in total. The SMILES string of the molecule is CCCCCCCCCCCc1ccc(C)cc1O. The molecule has 1 heteroatoms. The number of hydrogen-bond donors (Lipinski definition) is 1. The van der Waals surface area contributed by atoms with Crippen LogP contribution >= 0.6 is 0 Å².